The number of nitrogens with zero attached hydrogens (tertiary/aromatic N) is 1. The second kappa shape index (κ2) is 2.79. The lowest BCUT2D eigenvalue weighted by Crippen LogP contribution is -2.19. The van der Waals surface area contributed by atoms with Crippen LogP contribution in [0.5, 0.6) is 0 Å². The molecule has 1 aromatic heterocycles. The van der Waals surface area contributed by atoms with Crippen LogP contribution in [0.25, 0.3) is 0 Å². The second-order valence-corrected chi connectivity index (χ2v) is 3.24. The third kappa shape index (κ3) is 1.18. The molecule has 0 amide bonds. The van der Waals surface area contributed by atoms with Crippen molar-refractivity contribution in [2.24, 2.45) is 5.73 Å². The Hall–Kier alpha value is -1.03. The van der Waals surface area contributed by atoms with Gasteiger partial charge in [0.25, 0.3) is 5.56 Å². The molecule has 12 heavy (non-hydrogen) atoms. The number of H-pyrrole nitrogens is 1. The Kier molecular flexibility index (Phi) is 1.77. The zero-order valence-corrected chi connectivity index (χ0v) is 6.92. The summed E-state index contributed by atoms with van der Waals surface area (Å²) in [5, 5.41) is 2.97. The molecule has 0 saturated heterocycles. The first kappa shape index (κ1) is 7.61. The summed E-state index contributed by atoms with van der Waals surface area (Å²) in [6, 6.07) is 0.434. The van der Waals surface area contributed by atoms with E-state index in [1.165, 1.54) is 0 Å². The van der Waals surface area contributed by atoms with Crippen LogP contribution in [-0.4, -0.2) is 16.3 Å². The molecule has 1 fully saturated rings. The summed E-state index contributed by atoms with van der Waals surface area (Å²) in [7, 11) is 0. The van der Waals surface area contributed by atoms with Crippen molar-refractivity contribution in [3.63, 3.8) is 0 Å². The molecule has 4 heteroatoms. The van der Waals surface area contributed by atoms with Crippen molar-refractivity contribution in [2.45, 2.75) is 25.3 Å². The van der Waals surface area contributed by atoms with E-state index in [1.54, 1.807) is 10.9 Å². The lowest BCUT2D eigenvalue weighted by Gasteiger charge is -1.94. The summed E-state index contributed by atoms with van der Waals surface area (Å²) in [6.45, 7) is 0.539. The Morgan fingerprint density at radius 1 is 1.67 bits per heavy atom. The SMILES string of the molecule is NCCc1c[nH]n(C2CC2)c1=O. The summed E-state index contributed by atoms with van der Waals surface area (Å²) in [5.41, 5.74) is 6.29. The fraction of sp³-hybridized carbons (Fsp3) is 0.625. The number of hydrogen-bond acceptors (Lipinski definition) is 2. The molecule has 0 bridgehead atoms. The highest BCUT2D eigenvalue weighted by molar-refractivity contribution is 5.06. The van der Waals surface area contributed by atoms with E-state index in [2.05, 4.69) is 5.10 Å². The highest BCUT2D eigenvalue weighted by Gasteiger charge is 2.26. The van der Waals surface area contributed by atoms with Gasteiger partial charge in [-0.15, -0.1) is 0 Å². The van der Waals surface area contributed by atoms with Gasteiger partial charge in [0.15, 0.2) is 0 Å². The highest BCUT2D eigenvalue weighted by Crippen LogP contribution is 2.32. The van der Waals surface area contributed by atoms with E-state index in [0.29, 0.717) is 19.0 Å². The summed E-state index contributed by atoms with van der Waals surface area (Å²) >= 11 is 0. The predicted molar refractivity (Wildman–Crippen MR) is 46.1 cm³/mol. The van der Waals surface area contributed by atoms with Crippen molar-refractivity contribution in [1.29, 1.82) is 0 Å². The zero-order valence-electron chi connectivity index (χ0n) is 6.92. The smallest absolute Gasteiger partial charge is 0.269 e. The molecule has 1 aliphatic rings. The molecule has 4 nitrogen and oxygen atoms in total. The third-order valence-electron chi connectivity index (χ3n) is 2.20. The van der Waals surface area contributed by atoms with Crippen molar-refractivity contribution in [3.05, 3.63) is 22.1 Å². The lowest BCUT2D eigenvalue weighted by atomic mass is 10.2. The van der Waals surface area contributed by atoms with Gasteiger partial charge in [-0.3, -0.25) is 4.79 Å². The number of nitrogens with two attached hydrogens (primary N) is 1. The second-order valence-electron chi connectivity index (χ2n) is 3.24. The minimum atomic E-state index is 0.114. The van der Waals surface area contributed by atoms with E-state index >= 15 is 0 Å². The lowest BCUT2D eigenvalue weighted by molar-refractivity contribution is 0.619. The molecule has 0 aromatic carbocycles. The molecular weight excluding hydrogens is 154 g/mol. The Morgan fingerprint density at radius 2 is 2.42 bits per heavy atom. The van der Waals surface area contributed by atoms with E-state index in [1.807, 2.05) is 0 Å². The maximum atomic E-state index is 11.5. The van der Waals surface area contributed by atoms with Gasteiger partial charge >= 0.3 is 0 Å². The summed E-state index contributed by atoms with van der Waals surface area (Å²) < 4.78 is 1.71. The average Bonchev–Trinajstić information content (AvgIpc) is 2.82. The van der Waals surface area contributed by atoms with Crippen LogP contribution >= 0.6 is 0 Å². The molecule has 1 aromatic rings. The van der Waals surface area contributed by atoms with E-state index in [4.69, 9.17) is 5.73 Å². The van der Waals surface area contributed by atoms with Crippen LogP contribution in [0.4, 0.5) is 0 Å². The Labute approximate surface area is 70.4 Å². The fourth-order valence-corrected chi connectivity index (χ4v) is 1.36. The number of nitrogens with one attached hydrogen (secondary N) is 1. The Balaban J connectivity index is 2.27. The van der Waals surface area contributed by atoms with Gasteiger partial charge in [0, 0.05) is 11.8 Å². The molecule has 1 aliphatic carbocycles. The number of aromatic nitrogens is 2. The van der Waals surface area contributed by atoms with Crippen molar-refractivity contribution in [1.82, 2.24) is 9.78 Å². The third-order valence-corrected chi connectivity index (χ3v) is 2.20. The van der Waals surface area contributed by atoms with Crippen LogP contribution < -0.4 is 11.3 Å². The van der Waals surface area contributed by atoms with Crippen LogP contribution in [0.3, 0.4) is 0 Å². The van der Waals surface area contributed by atoms with E-state index in [9.17, 15) is 4.79 Å². The number of rotatable bonds is 3. The number of aromatic amines is 1. The van der Waals surface area contributed by atoms with Crippen LogP contribution in [0.15, 0.2) is 11.0 Å². The zero-order chi connectivity index (χ0) is 8.55. The first-order valence-electron chi connectivity index (χ1n) is 4.32. The van der Waals surface area contributed by atoms with E-state index in [0.717, 1.165) is 18.4 Å². The van der Waals surface area contributed by atoms with Crippen molar-refractivity contribution >= 4 is 0 Å². The van der Waals surface area contributed by atoms with Crippen molar-refractivity contribution < 1.29 is 0 Å². The van der Waals surface area contributed by atoms with Gasteiger partial charge in [-0.2, -0.15) is 0 Å². The van der Waals surface area contributed by atoms with Gasteiger partial charge in [-0.1, -0.05) is 0 Å². The molecule has 0 atom stereocenters. The van der Waals surface area contributed by atoms with Gasteiger partial charge in [0.1, 0.15) is 0 Å². The van der Waals surface area contributed by atoms with Crippen molar-refractivity contribution in [2.75, 3.05) is 6.54 Å². The van der Waals surface area contributed by atoms with Gasteiger partial charge in [0.05, 0.1) is 6.04 Å². The van der Waals surface area contributed by atoms with Crippen LogP contribution in [0, 0.1) is 0 Å². The molecule has 1 heterocycles. The Bertz CT molecular complexity index is 321. The average molecular weight is 167 g/mol. The maximum absolute atomic E-state index is 11.5. The molecular formula is C8H13N3O. The predicted octanol–water partition coefficient (Wildman–Crippen LogP) is 0.0125. The maximum Gasteiger partial charge on any atom is 0.269 e. The summed E-state index contributed by atoms with van der Waals surface area (Å²) in [4.78, 5) is 11.5. The van der Waals surface area contributed by atoms with E-state index in [-0.39, 0.29) is 5.56 Å². The molecule has 66 valence electrons. The van der Waals surface area contributed by atoms with Gasteiger partial charge < -0.3 is 10.8 Å². The van der Waals surface area contributed by atoms with Crippen LogP contribution in [0.2, 0.25) is 0 Å². The Morgan fingerprint density at radius 3 is 3.00 bits per heavy atom. The summed E-state index contributed by atoms with van der Waals surface area (Å²) in [6.07, 6.45) is 4.70. The number of hydrogen-bond donors (Lipinski definition) is 2. The van der Waals surface area contributed by atoms with Gasteiger partial charge in [-0.05, 0) is 25.8 Å². The van der Waals surface area contributed by atoms with Crippen LogP contribution in [-0.2, 0) is 6.42 Å². The molecule has 1 saturated carbocycles. The monoisotopic (exact) mass is 167 g/mol. The van der Waals surface area contributed by atoms with Crippen LogP contribution in [0.1, 0.15) is 24.4 Å². The fourth-order valence-electron chi connectivity index (χ4n) is 1.36. The van der Waals surface area contributed by atoms with Gasteiger partial charge in [-0.25, -0.2) is 4.68 Å². The van der Waals surface area contributed by atoms with Gasteiger partial charge in [0.2, 0.25) is 0 Å². The molecule has 2 rings (SSSR count). The first-order valence-corrected chi connectivity index (χ1v) is 4.32. The quantitative estimate of drug-likeness (QED) is 0.666. The molecule has 0 aliphatic heterocycles. The minimum absolute atomic E-state index is 0.114. The molecule has 0 radical (unpaired) electrons. The minimum Gasteiger partial charge on any atom is -0.330 e. The van der Waals surface area contributed by atoms with E-state index < -0.39 is 0 Å². The highest BCUT2D eigenvalue weighted by atomic mass is 16.1. The topological polar surface area (TPSA) is 63.8 Å². The largest absolute Gasteiger partial charge is 0.330 e. The normalized spacial score (nSPS) is 16.8. The summed E-state index contributed by atoms with van der Waals surface area (Å²) in [5.74, 6) is 0. The first-order chi connectivity index (χ1) is 5.83. The molecule has 3 N–H and O–H groups in total. The molecule has 0 unspecified atom stereocenters. The van der Waals surface area contributed by atoms with Crippen molar-refractivity contribution in [3.8, 4) is 0 Å². The molecule has 0 spiro atoms. The standard InChI is InChI=1S/C8H13N3O/c9-4-3-6-5-10-11(8(6)12)7-1-2-7/h5,7,10H,1-4,9H2.